The van der Waals surface area contributed by atoms with Crippen molar-refractivity contribution in [1.29, 1.82) is 0 Å². The minimum absolute atomic E-state index is 0.202. The van der Waals surface area contributed by atoms with Gasteiger partial charge in [0.1, 0.15) is 11.5 Å². The van der Waals surface area contributed by atoms with Crippen LogP contribution in [0.2, 0.25) is 0 Å². The summed E-state index contributed by atoms with van der Waals surface area (Å²) < 4.78 is 16.0. The van der Waals surface area contributed by atoms with Crippen molar-refractivity contribution in [3.05, 3.63) is 52.9 Å². The number of carbonyl (C=O) groups excluding carboxylic acids is 1. The summed E-state index contributed by atoms with van der Waals surface area (Å²) in [6.07, 6.45) is 0. The van der Waals surface area contributed by atoms with Crippen LogP contribution in [0.15, 0.2) is 51.7 Å². The van der Waals surface area contributed by atoms with E-state index in [9.17, 15) is 9.59 Å². The summed E-state index contributed by atoms with van der Waals surface area (Å²) in [5.41, 5.74) is 0.654. The lowest BCUT2D eigenvalue weighted by Crippen LogP contribution is -2.06. The molecule has 0 fully saturated rings. The number of rotatable bonds is 5. The summed E-state index contributed by atoms with van der Waals surface area (Å²) >= 11 is 0. The molecule has 0 radical (unpaired) electrons. The van der Waals surface area contributed by atoms with Gasteiger partial charge in [0, 0.05) is 12.5 Å². The predicted molar refractivity (Wildman–Crippen MR) is 97.4 cm³/mol. The van der Waals surface area contributed by atoms with E-state index in [4.69, 9.17) is 13.9 Å². The lowest BCUT2D eigenvalue weighted by atomic mass is 10.2. The second kappa shape index (κ2) is 7.39. The van der Waals surface area contributed by atoms with E-state index in [0.717, 1.165) is 0 Å². The highest BCUT2D eigenvalue weighted by atomic mass is 16.5. The van der Waals surface area contributed by atoms with Crippen molar-refractivity contribution in [2.45, 2.75) is 20.8 Å². The number of hydrogen-bond acceptors (Lipinski definition) is 6. The Balaban J connectivity index is 1.92. The van der Waals surface area contributed by atoms with Crippen LogP contribution in [-0.2, 0) is 4.79 Å². The number of hydrogen-bond donors (Lipinski definition) is 0. The van der Waals surface area contributed by atoms with E-state index in [0.29, 0.717) is 40.5 Å². The van der Waals surface area contributed by atoms with Crippen LogP contribution in [0.5, 0.6) is 11.5 Å². The maximum Gasteiger partial charge on any atom is 0.347 e. The van der Waals surface area contributed by atoms with Gasteiger partial charge in [-0.3, -0.25) is 4.79 Å². The van der Waals surface area contributed by atoms with E-state index in [1.54, 1.807) is 42.5 Å². The fourth-order valence-electron chi connectivity index (χ4n) is 2.36. The Morgan fingerprint density at radius 3 is 2.46 bits per heavy atom. The van der Waals surface area contributed by atoms with Gasteiger partial charge in [0.15, 0.2) is 0 Å². The first-order valence-corrected chi connectivity index (χ1v) is 8.29. The Bertz CT molecular complexity index is 989. The van der Waals surface area contributed by atoms with Crippen molar-refractivity contribution in [1.82, 2.24) is 4.98 Å². The Kier molecular flexibility index (Phi) is 5.02. The standard InChI is InChI=1S/C20H19NO5/c1-12(2)11-24-16-8-9-18-17(10-16)20(23)26-19(21-18)14-4-6-15(7-5-14)25-13(3)22/h4-10,12H,11H2,1-3H3. The number of esters is 1. The molecule has 0 unspecified atom stereocenters. The molecule has 26 heavy (non-hydrogen) atoms. The number of aromatic nitrogens is 1. The SMILES string of the molecule is CC(=O)Oc1ccc(-c2nc3ccc(OCC(C)C)cc3c(=O)o2)cc1. The summed E-state index contributed by atoms with van der Waals surface area (Å²) in [6, 6.07) is 11.7. The van der Waals surface area contributed by atoms with Gasteiger partial charge in [-0.15, -0.1) is 0 Å². The third kappa shape index (κ3) is 4.08. The molecular weight excluding hydrogens is 334 g/mol. The van der Waals surface area contributed by atoms with Crippen molar-refractivity contribution in [2.24, 2.45) is 5.92 Å². The first kappa shape index (κ1) is 17.7. The van der Waals surface area contributed by atoms with Crippen molar-refractivity contribution >= 4 is 16.9 Å². The molecule has 134 valence electrons. The molecule has 0 spiro atoms. The number of ether oxygens (including phenoxy) is 2. The highest BCUT2D eigenvalue weighted by Crippen LogP contribution is 2.23. The zero-order chi connectivity index (χ0) is 18.7. The number of fused-ring (bicyclic) bond motifs is 1. The van der Waals surface area contributed by atoms with Gasteiger partial charge >= 0.3 is 11.6 Å². The summed E-state index contributed by atoms with van der Waals surface area (Å²) in [5.74, 6) is 1.21. The van der Waals surface area contributed by atoms with E-state index in [-0.39, 0.29) is 5.89 Å². The third-order valence-corrected chi connectivity index (χ3v) is 3.55. The number of benzene rings is 2. The first-order valence-electron chi connectivity index (χ1n) is 8.29. The summed E-state index contributed by atoms with van der Waals surface area (Å²) in [4.78, 5) is 27.7. The highest BCUT2D eigenvalue weighted by Gasteiger charge is 2.10. The molecule has 0 amide bonds. The smallest absolute Gasteiger partial charge is 0.347 e. The van der Waals surface area contributed by atoms with Crippen LogP contribution in [-0.4, -0.2) is 17.6 Å². The molecule has 6 heteroatoms. The quantitative estimate of drug-likeness (QED) is 0.512. The molecule has 0 aliphatic carbocycles. The fourth-order valence-corrected chi connectivity index (χ4v) is 2.36. The van der Waals surface area contributed by atoms with Gasteiger partial charge in [-0.05, 0) is 48.4 Å². The lowest BCUT2D eigenvalue weighted by Gasteiger charge is -2.09. The van der Waals surface area contributed by atoms with Crippen LogP contribution in [0.25, 0.3) is 22.4 Å². The predicted octanol–water partition coefficient (Wildman–Crippen LogP) is 3.82. The molecule has 0 aliphatic rings. The van der Waals surface area contributed by atoms with E-state index < -0.39 is 11.6 Å². The molecule has 0 saturated heterocycles. The minimum atomic E-state index is -0.482. The maximum atomic E-state index is 12.3. The largest absolute Gasteiger partial charge is 0.493 e. The second-order valence-electron chi connectivity index (χ2n) is 6.31. The van der Waals surface area contributed by atoms with Crippen LogP contribution >= 0.6 is 0 Å². The van der Waals surface area contributed by atoms with Crippen molar-refractivity contribution in [3.63, 3.8) is 0 Å². The summed E-state index contributed by atoms with van der Waals surface area (Å²) in [6.45, 7) is 6.00. The molecule has 0 atom stereocenters. The highest BCUT2D eigenvalue weighted by molar-refractivity contribution is 5.80. The van der Waals surface area contributed by atoms with E-state index >= 15 is 0 Å². The lowest BCUT2D eigenvalue weighted by molar-refractivity contribution is -0.131. The van der Waals surface area contributed by atoms with E-state index in [2.05, 4.69) is 18.8 Å². The van der Waals surface area contributed by atoms with Gasteiger partial charge in [0.2, 0.25) is 5.89 Å². The maximum absolute atomic E-state index is 12.3. The van der Waals surface area contributed by atoms with Crippen molar-refractivity contribution in [3.8, 4) is 23.0 Å². The molecule has 0 aliphatic heterocycles. The van der Waals surface area contributed by atoms with Crippen LogP contribution in [0, 0.1) is 5.92 Å². The van der Waals surface area contributed by atoms with E-state index in [1.165, 1.54) is 6.92 Å². The Morgan fingerprint density at radius 2 is 1.81 bits per heavy atom. The number of nitrogens with zero attached hydrogens (tertiary/aromatic N) is 1. The zero-order valence-electron chi connectivity index (χ0n) is 14.8. The molecular formula is C20H19NO5. The normalized spacial score (nSPS) is 10.9. The van der Waals surface area contributed by atoms with Crippen LogP contribution in [0.4, 0.5) is 0 Å². The van der Waals surface area contributed by atoms with Crippen LogP contribution in [0.3, 0.4) is 0 Å². The molecule has 0 saturated carbocycles. The third-order valence-electron chi connectivity index (χ3n) is 3.55. The Labute approximate surface area is 150 Å². The van der Waals surface area contributed by atoms with Crippen LogP contribution < -0.4 is 15.1 Å². The molecule has 1 heterocycles. The van der Waals surface area contributed by atoms with Gasteiger partial charge < -0.3 is 13.9 Å². The summed E-state index contributed by atoms with van der Waals surface area (Å²) in [5, 5.41) is 0.367. The number of carbonyl (C=O) groups is 1. The topological polar surface area (TPSA) is 78.6 Å². The van der Waals surface area contributed by atoms with Gasteiger partial charge in [0.25, 0.3) is 0 Å². The monoisotopic (exact) mass is 353 g/mol. The molecule has 0 N–H and O–H groups in total. The van der Waals surface area contributed by atoms with Crippen LogP contribution in [0.1, 0.15) is 20.8 Å². The molecule has 1 aromatic heterocycles. The van der Waals surface area contributed by atoms with E-state index in [1.807, 2.05) is 0 Å². The average molecular weight is 353 g/mol. The van der Waals surface area contributed by atoms with Gasteiger partial charge in [-0.25, -0.2) is 9.78 Å². The molecule has 6 nitrogen and oxygen atoms in total. The Morgan fingerprint density at radius 1 is 1.12 bits per heavy atom. The van der Waals surface area contributed by atoms with Gasteiger partial charge in [-0.1, -0.05) is 13.8 Å². The van der Waals surface area contributed by atoms with Crippen molar-refractivity contribution < 1.29 is 18.7 Å². The second-order valence-corrected chi connectivity index (χ2v) is 6.31. The van der Waals surface area contributed by atoms with Crippen molar-refractivity contribution in [2.75, 3.05) is 6.61 Å². The average Bonchev–Trinajstić information content (AvgIpc) is 2.60. The molecule has 2 aromatic carbocycles. The Hall–Kier alpha value is -3.15. The molecule has 0 bridgehead atoms. The molecule has 3 aromatic rings. The minimum Gasteiger partial charge on any atom is -0.493 e. The van der Waals surface area contributed by atoms with Gasteiger partial charge in [-0.2, -0.15) is 0 Å². The zero-order valence-corrected chi connectivity index (χ0v) is 14.8. The molecule has 3 rings (SSSR count). The summed E-state index contributed by atoms with van der Waals surface area (Å²) in [7, 11) is 0. The first-order chi connectivity index (χ1) is 12.4. The fraction of sp³-hybridized carbons (Fsp3) is 0.250. The van der Waals surface area contributed by atoms with Gasteiger partial charge in [0.05, 0.1) is 17.5 Å².